The quantitative estimate of drug-likeness (QED) is 0.909. The monoisotopic (exact) mass is 311 g/mol. The highest BCUT2D eigenvalue weighted by Crippen LogP contribution is 2.26. The van der Waals surface area contributed by atoms with E-state index in [1.807, 2.05) is 4.90 Å². The van der Waals surface area contributed by atoms with Crippen molar-refractivity contribution in [2.75, 3.05) is 13.1 Å². The van der Waals surface area contributed by atoms with Gasteiger partial charge in [0.05, 0.1) is 5.56 Å². The van der Waals surface area contributed by atoms with E-state index in [0.29, 0.717) is 11.5 Å². The van der Waals surface area contributed by atoms with Crippen LogP contribution in [0.2, 0.25) is 0 Å². The Hall–Kier alpha value is -1.03. The highest BCUT2D eigenvalue weighted by molar-refractivity contribution is 9.10. The Labute approximate surface area is 116 Å². The van der Waals surface area contributed by atoms with Crippen LogP contribution < -0.4 is 0 Å². The Morgan fingerprint density at radius 2 is 2.33 bits per heavy atom. The molecule has 0 aliphatic carbocycles. The van der Waals surface area contributed by atoms with Gasteiger partial charge in [0.15, 0.2) is 0 Å². The molecule has 1 atom stereocenters. The number of phenolic OH excluding ortho intramolecular Hbond substituents is 1. The van der Waals surface area contributed by atoms with Crippen LogP contribution in [0.5, 0.6) is 5.75 Å². The lowest BCUT2D eigenvalue weighted by Gasteiger charge is -2.32. The fourth-order valence-electron chi connectivity index (χ4n) is 2.43. The molecule has 1 N–H and O–H groups in total. The third-order valence-corrected chi connectivity index (χ3v) is 4.07. The van der Waals surface area contributed by atoms with E-state index in [2.05, 4.69) is 22.9 Å². The van der Waals surface area contributed by atoms with E-state index in [4.69, 9.17) is 0 Å². The van der Waals surface area contributed by atoms with Crippen molar-refractivity contribution in [2.24, 2.45) is 5.92 Å². The van der Waals surface area contributed by atoms with Crippen LogP contribution in [0.3, 0.4) is 0 Å². The molecule has 1 heterocycles. The van der Waals surface area contributed by atoms with E-state index in [1.54, 1.807) is 18.2 Å². The predicted octanol–water partition coefficient (Wildman–Crippen LogP) is 3.42. The minimum Gasteiger partial charge on any atom is -0.507 e. The smallest absolute Gasteiger partial charge is 0.257 e. The minimum atomic E-state index is -0.0630. The zero-order valence-electron chi connectivity index (χ0n) is 10.5. The summed E-state index contributed by atoms with van der Waals surface area (Å²) in [5.41, 5.74) is 0.390. The van der Waals surface area contributed by atoms with Gasteiger partial charge in [-0.1, -0.05) is 29.3 Å². The van der Waals surface area contributed by atoms with Gasteiger partial charge in [-0.25, -0.2) is 0 Å². The zero-order valence-corrected chi connectivity index (χ0v) is 12.1. The summed E-state index contributed by atoms with van der Waals surface area (Å²) in [7, 11) is 0. The van der Waals surface area contributed by atoms with Crippen molar-refractivity contribution < 1.29 is 9.90 Å². The van der Waals surface area contributed by atoms with Crippen molar-refractivity contribution in [3.05, 3.63) is 28.2 Å². The maximum Gasteiger partial charge on any atom is 0.257 e. The van der Waals surface area contributed by atoms with Crippen LogP contribution in [-0.2, 0) is 0 Å². The molecule has 1 fully saturated rings. The van der Waals surface area contributed by atoms with Gasteiger partial charge in [-0.05, 0) is 37.0 Å². The number of carbonyl (C=O) groups is 1. The first-order valence-corrected chi connectivity index (χ1v) is 7.19. The summed E-state index contributed by atoms with van der Waals surface area (Å²) < 4.78 is 0.813. The highest BCUT2D eigenvalue weighted by atomic mass is 79.9. The van der Waals surface area contributed by atoms with Gasteiger partial charge in [0.2, 0.25) is 0 Å². The first-order valence-electron chi connectivity index (χ1n) is 6.39. The Bertz CT molecular complexity index is 447. The van der Waals surface area contributed by atoms with Crippen molar-refractivity contribution in [1.29, 1.82) is 0 Å². The number of halogens is 1. The van der Waals surface area contributed by atoms with E-state index in [1.165, 1.54) is 6.42 Å². The number of amides is 1. The molecule has 0 bridgehead atoms. The summed E-state index contributed by atoms with van der Waals surface area (Å²) in [5, 5.41) is 9.79. The molecule has 1 aliphatic heterocycles. The Morgan fingerprint density at radius 1 is 1.56 bits per heavy atom. The molecular formula is C14H18BrNO2. The van der Waals surface area contributed by atoms with Crippen LogP contribution in [0.15, 0.2) is 22.7 Å². The third kappa shape index (κ3) is 2.86. The number of benzene rings is 1. The summed E-state index contributed by atoms with van der Waals surface area (Å²) in [6.07, 6.45) is 3.36. The predicted molar refractivity (Wildman–Crippen MR) is 74.7 cm³/mol. The van der Waals surface area contributed by atoms with Gasteiger partial charge in [-0.3, -0.25) is 4.79 Å². The number of carbonyl (C=O) groups excluding carboxylic acids is 1. The first kappa shape index (κ1) is 13.4. The molecule has 1 unspecified atom stereocenters. The van der Waals surface area contributed by atoms with Crippen LogP contribution in [0.4, 0.5) is 0 Å². The Balaban J connectivity index is 2.17. The normalized spacial score (nSPS) is 19.9. The maximum atomic E-state index is 12.4. The number of rotatable bonds is 2. The molecule has 2 rings (SSSR count). The molecule has 1 saturated heterocycles. The van der Waals surface area contributed by atoms with Crippen LogP contribution >= 0.6 is 15.9 Å². The topological polar surface area (TPSA) is 40.5 Å². The van der Waals surface area contributed by atoms with Crippen molar-refractivity contribution >= 4 is 21.8 Å². The average molecular weight is 312 g/mol. The highest BCUT2D eigenvalue weighted by Gasteiger charge is 2.25. The van der Waals surface area contributed by atoms with E-state index in [0.717, 1.165) is 30.4 Å². The summed E-state index contributed by atoms with van der Waals surface area (Å²) >= 11 is 3.33. The minimum absolute atomic E-state index is 0.0572. The van der Waals surface area contributed by atoms with Crippen LogP contribution in [0.1, 0.15) is 36.5 Å². The molecule has 0 saturated carbocycles. The Kier molecular flexibility index (Phi) is 4.27. The number of nitrogens with zero attached hydrogens (tertiary/aromatic N) is 1. The molecule has 1 amide bonds. The summed E-state index contributed by atoms with van der Waals surface area (Å²) in [5.74, 6) is 0.589. The van der Waals surface area contributed by atoms with Crippen molar-refractivity contribution in [2.45, 2.75) is 26.2 Å². The largest absolute Gasteiger partial charge is 0.507 e. The van der Waals surface area contributed by atoms with E-state index >= 15 is 0 Å². The number of phenols is 1. The van der Waals surface area contributed by atoms with E-state index < -0.39 is 0 Å². The number of hydrogen-bond acceptors (Lipinski definition) is 2. The molecule has 0 aromatic heterocycles. The second kappa shape index (κ2) is 5.74. The van der Waals surface area contributed by atoms with Crippen LogP contribution in [-0.4, -0.2) is 29.0 Å². The summed E-state index contributed by atoms with van der Waals surface area (Å²) in [6, 6.07) is 4.98. The molecule has 4 heteroatoms. The molecule has 18 heavy (non-hydrogen) atoms. The number of likely N-dealkylation sites (tertiary alicyclic amines) is 1. The lowest BCUT2D eigenvalue weighted by Crippen LogP contribution is -2.39. The van der Waals surface area contributed by atoms with Crippen LogP contribution in [0.25, 0.3) is 0 Å². The zero-order chi connectivity index (χ0) is 13.1. The molecule has 0 spiro atoms. The van der Waals surface area contributed by atoms with Gasteiger partial charge in [-0.15, -0.1) is 0 Å². The molecule has 3 nitrogen and oxygen atoms in total. The van der Waals surface area contributed by atoms with Gasteiger partial charge >= 0.3 is 0 Å². The van der Waals surface area contributed by atoms with E-state index in [-0.39, 0.29) is 11.7 Å². The van der Waals surface area contributed by atoms with E-state index in [9.17, 15) is 9.90 Å². The molecule has 0 radical (unpaired) electrons. The lowest BCUT2D eigenvalue weighted by molar-refractivity contribution is 0.0668. The molecule has 1 aromatic rings. The molecule has 1 aromatic carbocycles. The molecule has 98 valence electrons. The van der Waals surface area contributed by atoms with Gasteiger partial charge in [0, 0.05) is 17.6 Å². The maximum absolute atomic E-state index is 12.4. The second-order valence-corrected chi connectivity index (χ2v) is 5.74. The number of piperidine rings is 1. The van der Waals surface area contributed by atoms with Gasteiger partial charge in [0.1, 0.15) is 5.75 Å². The van der Waals surface area contributed by atoms with Gasteiger partial charge in [0.25, 0.3) is 5.91 Å². The second-order valence-electron chi connectivity index (χ2n) is 4.83. The standard InChI is InChI=1S/C14H18BrNO2/c1-2-10-4-3-7-16(9-10)14(18)12-8-11(15)5-6-13(12)17/h5-6,8,10,17H,2-4,7,9H2,1H3. The summed E-state index contributed by atoms with van der Waals surface area (Å²) in [4.78, 5) is 14.2. The number of hydrogen-bond donors (Lipinski definition) is 1. The van der Waals surface area contributed by atoms with Gasteiger partial charge in [-0.2, -0.15) is 0 Å². The SMILES string of the molecule is CCC1CCCN(C(=O)c2cc(Br)ccc2O)C1. The Morgan fingerprint density at radius 3 is 3.06 bits per heavy atom. The van der Waals surface area contributed by atoms with Gasteiger partial charge < -0.3 is 10.0 Å². The fourth-order valence-corrected chi connectivity index (χ4v) is 2.79. The average Bonchev–Trinajstić information content (AvgIpc) is 2.41. The third-order valence-electron chi connectivity index (χ3n) is 3.57. The molecular weight excluding hydrogens is 294 g/mol. The fraction of sp³-hybridized carbons (Fsp3) is 0.500. The lowest BCUT2D eigenvalue weighted by atomic mass is 9.95. The van der Waals surface area contributed by atoms with Crippen molar-refractivity contribution in [3.63, 3.8) is 0 Å². The van der Waals surface area contributed by atoms with Crippen LogP contribution in [0, 0.1) is 5.92 Å². The van der Waals surface area contributed by atoms with Crippen molar-refractivity contribution in [1.82, 2.24) is 4.90 Å². The number of aromatic hydroxyl groups is 1. The molecule has 1 aliphatic rings. The van der Waals surface area contributed by atoms with Crippen molar-refractivity contribution in [3.8, 4) is 5.75 Å². The first-order chi connectivity index (χ1) is 8.61. The summed E-state index contributed by atoms with van der Waals surface area (Å²) in [6.45, 7) is 3.76.